The molecule has 0 saturated heterocycles. The molecule has 2 atom stereocenters. The maximum Gasteiger partial charge on any atom is 0.419 e. The summed E-state index contributed by atoms with van der Waals surface area (Å²) < 4.78 is 55.9. The van der Waals surface area contributed by atoms with Crippen LogP contribution in [0.25, 0.3) is 0 Å². The van der Waals surface area contributed by atoms with E-state index in [-0.39, 0.29) is 5.56 Å². The summed E-state index contributed by atoms with van der Waals surface area (Å²) >= 11 is 0. The first-order valence-corrected chi connectivity index (χ1v) is 5.88. The lowest BCUT2D eigenvalue weighted by Crippen LogP contribution is -2.21. The van der Waals surface area contributed by atoms with Gasteiger partial charge < -0.3 is 9.84 Å². The van der Waals surface area contributed by atoms with Crippen molar-refractivity contribution < 1.29 is 27.4 Å². The summed E-state index contributed by atoms with van der Waals surface area (Å²) in [6.45, 7) is 1.87. The lowest BCUT2D eigenvalue weighted by atomic mass is 9.99. The summed E-state index contributed by atoms with van der Waals surface area (Å²) in [6.07, 6.45) is -5.41. The summed E-state index contributed by atoms with van der Waals surface area (Å²) in [5.41, 5.74) is -1.38. The molecule has 0 heterocycles. The van der Waals surface area contributed by atoms with E-state index in [1.807, 2.05) is 6.92 Å². The molecule has 0 spiro atoms. The number of aliphatic hydroxyl groups is 1. The van der Waals surface area contributed by atoms with Crippen LogP contribution < -0.4 is 0 Å². The molecule has 0 aliphatic rings. The third-order valence-corrected chi connectivity index (χ3v) is 2.87. The van der Waals surface area contributed by atoms with E-state index < -0.39 is 29.8 Å². The molecule has 0 amide bonds. The highest BCUT2D eigenvalue weighted by Gasteiger charge is 2.35. The third-order valence-electron chi connectivity index (χ3n) is 2.87. The highest BCUT2D eigenvalue weighted by atomic mass is 19.4. The van der Waals surface area contributed by atoms with Gasteiger partial charge in [0.1, 0.15) is 11.9 Å². The largest absolute Gasteiger partial charge is 0.419 e. The van der Waals surface area contributed by atoms with Gasteiger partial charge in [0.15, 0.2) is 0 Å². The minimum absolute atomic E-state index is 0.00553. The fourth-order valence-corrected chi connectivity index (χ4v) is 1.85. The van der Waals surface area contributed by atoms with Crippen LogP contribution in [-0.2, 0) is 10.9 Å². The molecule has 1 N–H and O–H groups in total. The van der Waals surface area contributed by atoms with Crippen molar-refractivity contribution in [3.05, 3.63) is 35.1 Å². The van der Waals surface area contributed by atoms with E-state index in [1.165, 1.54) is 7.11 Å². The number of benzene rings is 1. The predicted molar refractivity (Wildman–Crippen MR) is 62.1 cm³/mol. The summed E-state index contributed by atoms with van der Waals surface area (Å²) in [5, 5.41) is 9.98. The number of hydrogen-bond donors (Lipinski definition) is 1. The number of rotatable bonds is 5. The van der Waals surface area contributed by atoms with Crippen molar-refractivity contribution in [2.24, 2.45) is 0 Å². The van der Waals surface area contributed by atoms with Gasteiger partial charge in [-0.15, -0.1) is 0 Å². The zero-order valence-electron chi connectivity index (χ0n) is 10.7. The third kappa shape index (κ3) is 3.91. The van der Waals surface area contributed by atoms with Gasteiger partial charge in [0.05, 0.1) is 11.7 Å². The second kappa shape index (κ2) is 6.34. The van der Waals surface area contributed by atoms with Gasteiger partial charge in [-0.1, -0.05) is 19.4 Å². The Kier molecular flexibility index (Phi) is 5.31. The average Bonchev–Trinajstić information content (AvgIpc) is 2.34. The van der Waals surface area contributed by atoms with Gasteiger partial charge in [-0.05, 0) is 24.1 Å². The number of ether oxygens (including phenoxy) is 1. The van der Waals surface area contributed by atoms with E-state index in [1.54, 1.807) is 0 Å². The predicted octanol–water partition coefficient (Wildman–Crippen LogP) is 3.69. The zero-order chi connectivity index (χ0) is 14.6. The first-order valence-electron chi connectivity index (χ1n) is 5.88. The minimum Gasteiger partial charge on any atom is -0.386 e. The van der Waals surface area contributed by atoms with Crippen LogP contribution in [0.4, 0.5) is 17.6 Å². The zero-order valence-corrected chi connectivity index (χ0v) is 10.7. The fraction of sp³-hybridized carbons (Fsp3) is 0.538. The Labute approximate surface area is 109 Å². The monoisotopic (exact) mass is 280 g/mol. The molecule has 6 heteroatoms. The van der Waals surface area contributed by atoms with Crippen molar-refractivity contribution in [3.63, 3.8) is 0 Å². The molecule has 0 bridgehead atoms. The Bertz CT molecular complexity index is 418. The van der Waals surface area contributed by atoms with E-state index in [4.69, 9.17) is 4.74 Å². The van der Waals surface area contributed by atoms with Gasteiger partial charge in [-0.2, -0.15) is 13.2 Å². The maximum atomic E-state index is 13.1. The van der Waals surface area contributed by atoms with E-state index in [0.29, 0.717) is 25.0 Å². The van der Waals surface area contributed by atoms with E-state index in [9.17, 15) is 22.7 Å². The SMILES string of the molecule is CCCC(OC)C(O)c1ccc(F)c(C(F)(F)F)c1. The van der Waals surface area contributed by atoms with Crippen LogP contribution in [-0.4, -0.2) is 18.3 Å². The summed E-state index contributed by atoms with van der Waals surface area (Å²) in [7, 11) is 1.37. The molecule has 0 fully saturated rings. The Hall–Kier alpha value is -1.14. The highest BCUT2D eigenvalue weighted by molar-refractivity contribution is 5.29. The number of halogens is 4. The van der Waals surface area contributed by atoms with Crippen molar-refractivity contribution in [2.45, 2.75) is 38.1 Å². The van der Waals surface area contributed by atoms with Gasteiger partial charge >= 0.3 is 6.18 Å². The topological polar surface area (TPSA) is 29.5 Å². The van der Waals surface area contributed by atoms with Crippen LogP contribution in [0.15, 0.2) is 18.2 Å². The maximum absolute atomic E-state index is 13.1. The van der Waals surface area contributed by atoms with Crippen LogP contribution in [0, 0.1) is 5.82 Å². The van der Waals surface area contributed by atoms with Gasteiger partial charge in [-0.3, -0.25) is 0 Å². The van der Waals surface area contributed by atoms with Gasteiger partial charge in [0.2, 0.25) is 0 Å². The molecular weight excluding hydrogens is 264 g/mol. The first kappa shape index (κ1) is 15.9. The van der Waals surface area contributed by atoms with E-state index >= 15 is 0 Å². The summed E-state index contributed by atoms with van der Waals surface area (Å²) in [4.78, 5) is 0. The first-order chi connectivity index (χ1) is 8.81. The molecule has 19 heavy (non-hydrogen) atoms. The molecule has 1 aromatic carbocycles. The molecular formula is C13H16F4O2. The highest BCUT2D eigenvalue weighted by Crippen LogP contribution is 2.34. The number of hydrogen-bond acceptors (Lipinski definition) is 2. The molecule has 0 aromatic heterocycles. The summed E-state index contributed by atoms with van der Waals surface area (Å²) in [6, 6.07) is 2.47. The van der Waals surface area contributed by atoms with Crippen molar-refractivity contribution in [1.82, 2.24) is 0 Å². The quantitative estimate of drug-likeness (QED) is 0.833. The van der Waals surface area contributed by atoms with Crippen LogP contribution in [0.2, 0.25) is 0 Å². The van der Waals surface area contributed by atoms with Gasteiger partial charge in [0.25, 0.3) is 0 Å². The molecule has 1 aromatic rings. The Morgan fingerprint density at radius 1 is 1.32 bits per heavy atom. The Morgan fingerprint density at radius 2 is 1.95 bits per heavy atom. The van der Waals surface area contributed by atoms with Crippen molar-refractivity contribution >= 4 is 0 Å². The molecule has 0 aliphatic heterocycles. The minimum atomic E-state index is -4.78. The molecule has 1 rings (SSSR count). The Balaban J connectivity index is 3.08. The van der Waals surface area contributed by atoms with Crippen LogP contribution in [0.3, 0.4) is 0 Å². The smallest absolute Gasteiger partial charge is 0.386 e. The summed E-state index contributed by atoms with van der Waals surface area (Å²) in [5.74, 6) is -1.35. The van der Waals surface area contributed by atoms with Crippen molar-refractivity contribution in [1.29, 1.82) is 0 Å². The van der Waals surface area contributed by atoms with Crippen LogP contribution in [0.1, 0.15) is 37.0 Å². The normalized spacial score (nSPS) is 15.3. The average molecular weight is 280 g/mol. The molecule has 108 valence electrons. The number of methoxy groups -OCH3 is 1. The van der Waals surface area contributed by atoms with E-state index in [0.717, 1.165) is 6.07 Å². The van der Waals surface area contributed by atoms with Crippen LogP contribution in [0.5, 0.6) is 0 Å². The molecule has 2 nitrogen and oxygen atoms in total. The van der Waals surface area contributed by atoms with Crippen molar-refractivity contribution in [2.75, 3.05) is 7.11 Å². The number of aliphatic hydroxyl groups excluding tert-OH is 1. The lowest BCUT2D eigenvalue weighted by Gasteiger charge is -2.22. The lowest BCUT2D eigenvalue weighted by molar-refractivity contribution is -0.140. The molecule has 0 aliphatic carbocycles. The second-order valence-electron chi connectivity index (χ2n) is 4.24. The molecule has 0 saturated carbocycles. The molecule has 0 radical (unpaired) electrons. The second-order valence-corrected chi connectivity index (χ2v) is 4.24. The Morgan fingerprint density at radius 3 is 2.42 bits per heavy atom. The number of alkyl halides is 3. The van der Waals surface area contributed by atoms with Crippen LogP contribution >= 0.6 is 0 Å². The van der Waals surface area contributed by atoms with Gasteiger partial charge in [-0.25, -0.2) is 4.39 Å². The molecule has 2 unspecified atom stereocenters. The van der Waals surface area contributed by atoms with E-state index in [2.05, 4.69) is 0 Å². The van der Waals surface area contributed by atoms with Gasteiger partial charge in [0, 0.05) is 7.11 Å². The van der Waals surface area contributed by atoms with Crippen molar-refractivity contribution in [3.8, 4) is 0 Å². The standard InChI is InChI=1S/C13H16F4O2/c1-3-4-11(19-2)12(18)8-5-6-10(14)9(7-8)13(15,16)17/h5-7,11-12,18H,3-4H2,1-2H3. The fourth-order valence-electron chi connectivity index (χ4n) is 1.85.